The highest BCUT2D eigenvalue weighted by atomic mass is 79.9. The SMILES string of the molecule is COc1cccc(NC(=O)Cc2cc3c(Br)ccnc3[nH]2)c1. The summed E-state index contributed by atoms with van der Waals surface area (Å²) in [5.41, 5.74) is 2.29. The van der Waals surface area contributed by atoms with E-state index in [1.54, 1.807) is 19.4 Å². The number of H-pyrrole nitrogens is 1. The number of rotatable bonds is 4. The number of amides is 1. The second kappa shape index (κ2) is 6.19. The summed E-state index contributed by atoms with van der Waals surface area (Å²) in [7, 11) is 1.59. The van der Waals surface area contributed by atoms with E-state index in [1.165, 1.54) is 0 Å². The topological polar surface area (TPSA) is 67.0 Å². The molecule has 2 heterocycles. The summed E-state index contributed by atoms with van der Waals surface area (Å²) >= 11 is 3.47. The van der Waals surface area contributed by atoms with Crippen LogP contribution in [0.25, 0.3) is 11.0 Å². The number of aromatic amines is 1. The molecule has 22 heavy (non-hydrogen) atoms. The van der Waals surface area contributed by atoms with Gasteiger partial charge in [-0.1, -0.05) is 6.07 Å². The molecule has 0 saturated carbocycles. The van der Waals surface area contributed by atoms with Crippen LogP contribution in [0, 0.1) is 0 Å². The predicted molar refractivity (Wildman–Crippen MR) is 89.1 cm³/mol. The van der Waals surface area contributed by atoms with Gasteiger partial charge in [0.05, 0.1) is 13.5 Å². The number of hydrogen-bond donors (Lipinski definition) is 2. The molecule has 6 heteroatoms. The van der Waals surface area contributed by atoms with Gasteiger partial charge < -0.3 is 15.0 Å². The fraction of sp³-hybridized carbons (Fsp3) is 0.125. The molecule has 3 aromatic rings. The lowest BCUT2D eigenvalue weighted by molar-refractivity contribution is -0.115. The molecule has 2 aromatic heterocycles. The molecule has 0 atom stereocenters. The van der Waals surface area contributed by atoms with E-state index in [1.807, 2.05) is 30.3 Å². The number of carbonyl (C=O) groups excluding carboxylic acids is 1. The first kappa shape index (κ1) is 14.6. The van der Waals surface area contributed by atoms with Gasteiger partial charge in [-0.15, -0.1) is 0 Å². The molecule has 0 saturated heterocycles. The van der Waals surface area contributed by atoms with Gasteiger partial charge in [0.1, 0.15) is 11.4 Å². The van der Waals surface area contributed by atoms with Gasteiger partial charge in [-0.3, -0.25) is 4.79 Å². The second-order valence-corrected chi connectivity index (χ2v) is 5.66. The van der Waals surface area contributed by atoms with Gasteiger partial charge in [-0.05, 0) is 40.2 Å². The van der Waals surface area contributed by atoms with Gasteiger partial charge in [0.25, 0.3) is 0 Å². The van der Waals surface area contributed by atoms with Crippen molar-refractivity contribution < 1.29 is 9.53 Å². The summed E-state index contributed by atoms with van der Waals surface area (Å²) < 4.78 is 6.09. The highest BCUT2D eigenvalue weighted by Gasteiger charge is 2.09. The number of aromatic nitrogens is 2. The Morgan fingerprint density at radius 1 is 1.36 bits per heavy atom. The van der Waals surface area contributed by atoms with Crippen LogP contribution in [0.1, 0.15) is 5.69 Å². The number of fused-ring (bicyclic) bond motifs is 1. The quantitative estimate of drug-likeness (QED) is 0.748. The lowest BCUT2D eigenvalue weighted by Crippen LogP contribution is -2.14. The molecule has 0 radical (unpaired) electrons. The number of carbonyl (C=O) groups is 1. The van der Waals surface area contributed by atoms with Crippen LogP contribution in [0.5, 0.6) is 5.75 Å². The smallest absolute Gasteiger partial charge is 0.230 e. The van der Waals surface area contributed by atoms with E-state index in [9.17, 15) is 4.79 Å². The fourth-order valence-electron chi connectivity index (χ4n) is 2.22. The molecular formula is C16H14BrN3O2. The normalized spacial score (nSPS) is 10.6. The van der Waals surface area contributed by atoms with Gasteiger partial charge in [-0.25, -0.2) is 4.98 Å². The Hall–Kier alpha value is -2.34. The van der Waals surface area contributed by atoms with Gasteiger partial charge >= 0.3 is 0 Å². The highest BCUT2D eigenvalue weighted by molar-refractivity contribution is 9.10. The zero-order valence-electron chi connectivity index (χ0n) is 11.9. The van der Waals surface area contributed by atoms with Crippen molar-refractivity contribution in [2.75, 3.05) is 12.4 Å². The van der Waals surface area contributed by atoms with Crippen molar-refractivity contribution in [1.29, 1.82) is 0 Å². The van der Waals surface area contributed by atoms with Crippen molar-refractivity contribution in [1.82, 2.24) is 9.97 Å². The van der Waals surface area contributed by atoms with E-state index in [0.29, 0.717) is 11.4 Å². The van der Waals surface area contributed by atoms with E-state index >= 15 is 0 Å². The van der Waals surface area contributed by atoms with Crippen LogP contribution >= 0.6 is 15.9 Å². The maximum absolute atomic E-state index is 12.1. The van der Waals surface area contributed by atoms with Crippen molar-refractivity contribution in [2.24, 2.45) is 0 Å². The third-order valence-electron chi connectivity index (χ3n) is 3.24. The number of benzene rings is 1. The average Bonchev–Trinajstić information content (AvgIpc) is 2.91. The molecule has 0 aliphatic rings. The van der Waals surface area contributed by atoms with Crippen LogP contribution in [0.3, 0.4) is 0 Å². The summed E-state index contributed by atoms with van der Waals surface area (Å²) in [6.45, 7) is 0. The third-order valence-corrected chi connectivity index (χ3v) is 3.93. The zero-order valence-corrected chi connectivity index (χ0v) is 13.5. The molecule has 1 amide bonds. The van der Waals surface area contributed by atoms with Crippen LogP contribution in [0.4, 0.5) is 5.69 Å². The second-order valence-electron chi connectivity index (χ2n) is 4.81. The first-order valence-corrected chi connectivity index (χ1v) is 7.51. The predicted octanol–water partition coefficient (Wildman–Crippen LogP) is 3.52. The third kappa shape index (κ3) is 3.12. The summed E-state index contributed by atoms with van der Waals surface area (Å²) in [6, 6.07) is 11.1. The van der Waals surface area contributed by atoms with E-state index < -0.39 is 0 Å². The minimum Gasteiger partial charge on any atom is -0.497 e. The van der Waals surface area contributed by atoms with Gasteiger partial charge in [-0.2, -0.15) is 0 Å². The molecule has 5 nitrogen and oxygen atoms in total. The van der Waals surface area contributed by atoms with E-state index in [0.717, 1.165) is 21.2 Å². The van der Waals surface area contributed by atoms with Crippen molar-refractivity contribution in [3.8, 4) is 5.75 Å². The van der Waals surface area contributed by atoms with E-state index in [-0.39, 0.29) is 12.3 Å². The zero-order chi connectivity index (χ0) is 15.5. The molecule has 3 rings (SSSR count). The van der Waals surface area contributed by atoms with Crippen LogP contribution in [0.2, 0.25) is 0 Å². The Labute approximate surface area is 135 Å². The van der Waals surface area contributed by atoms with Crippen LogP contribution in [-0.2, 0) is 11.2 Å². The number of halogens is 1. The van der Waals surface area contributed by atoms with E-state index in [4.69, 9.17) is 4.74 Å². The van der Waals surface area contributed by atoms with Crippen LogP contribution in [-0.4, -0.2) is 23.0 Å². The first-order chi connectivity index (χ1) is 10.7. The minimum absolute atomic E-state index is 0.101. The lowest BCUT2D eigenvalue weighted by Gasteiger charge is -2.06. The molecule has 0 unspecified atom stereocenters. The van der Waals surface area contributed by atoms with Crippen LogP contribution < -0.4 is 10.1 Å². The number of pyridine rings is 1. The molecule has 2 N–H and O–H groups in total. The Morgan fingerprint density at radius 2 is 2.23 bits per heavy atom. The molecule has 1 aromatic carbocycles. The molecular weight excluding hydrogens is 346 g/mol. The largest absolute Gasteiger partial charge is 0.497 e. The van der Waals surface area contributed by atoms with Gasteiger partial charge in [0, 0.05) is 33.5 Å². The van der Waals surface area contributed by atoms with Crippen molar-refractivity contribution >= 4 is 38.6 Å². The number of ether oxygens (including phenoxy) is 1. The Morgan fingerprint density at radius 3 is 3.00 bits per heavy atom. The van der Waals surface area contributed by atoms with Crippen molar-refractivity contribution in [2.45, 2.75) is 6.42 Å². The van der Waals surface area contributed by atoms with Crippen molar-refractivity contribution in [3.05, 3.63) is 52.8 Å². The molecule has 112 valence electrons. The van der Waals surface area contributed by atoms with E-state index in [2.05, 4.69) is 31.2 Å². The Kier molecular flexibility index (Phi) is 4.11. The summed E-state index contributed by atoms with van der Waals surface area (Å²) in [5.74, 6) is 0.604. The molecule has 0 fully saturated rings. The number of anilines is 1. The minimum atomic E-state index is -0.101. The number of nitrogens with zero attached hydrogens (tertiary/aromatic N) is 1. The van der Waals surface area contributed by atoms with Gasteiger partial charge in [0.15, 0.2) is 0 Å². The van der Waals surface area contributed by atoms with Gasteiger partial charge in [0.2, 0.25) is 5.91 Å². The molecule has 0 aliphatic heterocycles. The maximum atomic E-state index is 12.1. The lowest BCUT2D eigenvalue weighted by atomic mass is 10.2. The van der Waals surface area contributed by atoms with Crippen LogP contribution in [0.15, 0.2) is 47.1 Å². The van der Waals surface area contributed by atoms with Crippen molar-refractivity contribution in [3.63, 3.8) is 0 Å². The summed E-state index contributed by atoms with van der Waals surface area (Å²) in [5, 5.41) is 3.82. The number of nitrogens with one attached hydrogen (secondary N) is 2. The number of methoxy groups -OCH3 is 1. The average molecular weight is 360 g/mol. The summed E-state index contributed by atoms with van der Waals surface area (Å²) in [4.78, 5) is 19.5. The molecule has 0 spiro atoms. The monoisotopic (exact) mass is 359 g/mol. The standard InChI is InChI=1S/C16H14BrN3O2/c1-22-12-4-2-3-10(7-12)19-15(21)9-11-8-13-14(17)5-6-18-16(13)20-11/h2-8H,9H2,1H3,(H,18,20)(H,19,21). The molecule has 0 aliphatic carbocycles. The highest BCUT2D eigenvalue weighted by Crippen LogP contribution is 2.23. The Bertz CT molecular complexity index is 829. The maximum Gasteiger partial charge on any atom is 0.230 e. The molecule has 0 bridgehead atoms. The first-order valence-electron chi connectivity index (χ1n) is 6.72. The Balaban J connectivity index is 1.74. The summed E-state index contributed by atoms with van der Waals surface area (Å²) in [6.07, 6.45) is 1.96. The number of hydrogen-bond acceptors (Lipinski definition) is 3. The fourth-order valence-corrected chi connectivity index (χ4v) is 2.64.